The van der Waals surface area contributed by atoms with Gasteiger partial charge in [-0.05, 0) is 69.3 Å². The van der Waals surface area contributed by atoms with Gasteiger partial charge in [0.05, 0.1) is 20.8 Å². The van der Waals surface area contributed by atoms with Gasteiger partial charge in [-0.1, -0.05) is 12.5 Å². The van der Waals surface area contributed by atoms with Crippen molar-refractivity contribution in [3.63, 3.8) is 0 Å². The van der Waals surface area contributed by atoms with E-state index in [0.29, 0.717) is 62.3 Å². The van der Waals surface area contributed by atoms with E-state index in [2.05, 4.69) is 10.2 Å². The van der Waals surface area contributed by atoms with E-state index in [1.54, 1.807) is 14.2 Å². The summed E-state index contributed by atoms with van der Waals surface area (Å²) in [5.41, 5.74) is 1.06. The smallest absolute Gasteiger partial charge is 0.305 e. The maximum atomic E-state index is 12.1. The van der Waals surface area contributed by atoms with Crippen molar-refractivity contribution in [1.82, 2.24) is 10.2 Å². The molecule has 3 rings (SSSR count). The molecule has 1 aromatic rings. The Bertz CT molecular complexity index is 752. The lowest BCUT2D eigenvalue weighted by atomic mass is 9.84. The van der Waals surface area contributed by atoms with Crippen molar-refractivity contribution >= 4 is 11.9 Å². The second-order valence-corrected chi connectivity index (χ2v) is 8.83. The molecule has 2 fully saturated rings. The van der Waals surface area contributed by atoms with Gasteiger partial charge in [0.2, 0.25) is 5.91 Å². The molecule has 2 heterocycles. The van der Waals surface area contributed by atoms with E-state index in [9.17, 15) is 9.59 Å². The van der Waals surface area contributed by atoms with Gasteiger partial charge in [-0.25, -0.2) is 0 Å². The Kier molecular flexibility index (Phi) is 9.65. The Morgan fingerprint density at radius 3 is 2.66 bits per heavy atom. The number of carbonyl (C=O) groups excluding carboxylic acids is 2. The van der Waals surface area contributed by atoms with E-state index in [4.69, 9.17) is 14.2 Å². The van der Waals surface area contributed by atoms with Crippen LogP contribution >= 0.6 is 0 Å². The first-order valence-electron chi connectivity index (χ1n) is 12.0. The molecular formula is C25H38N2O5. The van der Waals surface area contributed by atoms with Crippen LogP contribution in [0.1, 0.15) is 56.9 Å². The van der Waals surface area contributed by atoms with Crippen LogP contribution in [0.15, 0.2) is 18.2 Å². The lowest BCUT2D eigenvalue weighted by Crippen LogP contribution is -2.49. The number of hydrogen-bond acceptors (Lipinski definition) is 6. The maximum Gasteiger partial charge on any atom is 0.305 e. The topological polar surface area (TPSA) is 77.1 Å². The molecule has 0 radical (unpaired) electrons. The molecule has 2 saturated heterocycles. The highest BCUT2D eigenvalue weighted by Gasteiger charge is 2.33. The summed E-state index contributed by atoms with van der Waals surface area (Å²) in [6.45, 7) is 3.45. The van der Waals surface area contributed by atoms with Crippen LogP contribution in [0.4, 0.5) is 0 Å². The Labute approximate surface area is 191 Å². The average Bonchev–Trinajstić information content (AvgIpc) is 2.82. The minimum absolute atomic E-state index is 0.0385. The Hall–Kier alpha value is -2.28. The third-order valence-corrected chi connectivity index (χ3v) is 6.66. The summed E-state index contributed by atoms with van der Waals surface area (Å²) in [6.07, 6.45) is 8.00. The van der Waals surface area contributed by atoms with Crippen LogP contribution in [0.25, 0.3) is 0 Å². The highest BCUT2D eigenvalue weighted by Crippen LogP contribution is 2.31. The van der Waals surface area contributed by atoms with Crippen LogP contribution in [0.5, 0.6) is 11.5 Å². The molecule has 7 nitrogen and oxygen atoms in total. The van der Waals surface area contributed by atoms with Gasteiger partial charge < -0.3 is 19.5 Å². The van der Waals surface area contributed by atoms with Crippen LogP contribution in [-0.4, -0.2) is 63.3 Å². The number of nitrogens with one attached hydrogen (secondary N) is 1. The maximum absolute atomic E-state index is 12.1. The standard InChI is InChI=1S/C25H38N2O5/c1-30-22-12-11-19(17-23(22)31-2)13-14-26-24(28)9-5-10-25(29)32-18-20-7-6-16-27-15-4-3-8-21(20)27/h11-12,17,20-21H,3-10,13-16,18H2,1-2H3,(H,26,28). The minimum atomic E-state index is -0.184. The Morgan fingerprint density at radius 2 is 1.84 bits per heavy atom. The molecule has 1 N–H and O–H groups in total. The van der Waals surface area contributed by atoms with Crippen LogP contribution in [-0.2, 0) is 20.7 Å². The third kappa shape index (κ3) is 7.12. The van der Waals surface area contributed by atoms with Crippen molar-refractivity contribution in [2.75, 3.05) is 40.5 Å². The fraction of sp³-hybridized carbons (Fsp3) is 0.680. The van der Waals surface area contributed by atoms with Crippen LogP contribution in [0.2, 0.25) is 0 Å². The molecule has 0 bridgehead atoms. The number of rotatable bonds is 11. The molecule has 0 spiro atoms. The molecule has 0 aliphatic carbocycles. The molecule has 2 unspecified atom stereocenters. The molecule has 7 heteroatoms. The Balaban J connectivity index is 1.28. The fourth-order valence-corrected chi connectivity index (χ4v) is 4.91. The molecule has 2 atom stereocenters. The molecule has 1 amide bonds. The first kappa shape index (κ1) is 24.4. The van der Waals surface area contributed by atoms with E-state index in [-0.39, 0.29) is 11.9 Å². The number of piperidine rings is 2. The second-order valence-electron chi connectivity index (χ2n) is 8.83. The fourth-order valence-electron chi connectivity index (χ4n) is 4.91. The van der Waals surface area contributed by atoms with Crippen molar-refractivity contribution in [3.05, 3.63) is 23.8 Å². The number of hydrogen-bond donors (Lipinski definition) is 1. The molecule has 0 saturated carbocycles. The summed E-state index contributed by atoms with van der Waals surface area (Å²) in [5, 5.41) is 2.92. The number of amides is 1. The van der Waals surface area contributed by atoms with Gasteiger partial charge in [-0.15, -0.1) is 0 Å². The monoisotopic (exact) mass is 446 g/mol. The summed E-state index contributed by atoms with van der Waals surface area (Å²) in [4.78, 5) is 26.8. The van der Waals surface area contributed by atoms with Gasteiger partial charge in [0.25, 0.3) is 0 Å². The van der Waals surface area contributed by atoms with E-state index in [1.165, 1.54) is 38.8 Å². The number of esters is 1. The third-order valence-electron chi connectivity index (χ3n) is 6.66. The van der Waals surface area contributed by atoms with Crippen molar-refractivity contribution in [2.24, 2.45) is 5.92 Å². The molecule has 2 aliphatic heterocycles. The van der Waals surface area contributed by atoms with Crippen molar-refractivity contribution in [3.8, 4) is 11.5 Å². The van der Waals surface area contributed by atoms with Gasteiger partial charge in [-0.2, -0.15) is 0 Å². The van der Waals surface area contributed by atoms with Gasteiger partial charge in [0, 0.05) is 31.3 Å². The lowest BCUT2D eigenvalue weighted by molar-refractivity contribution is -0.146. The zero-order chi connectivity index (χ0) is 22.8. The first-order chi connectivity index (χ1) is 15.6. The Morgan fingerprint density at radius 1 is 1.03 bits per heavy atom. The van der Waals surface area contributed by atoms with E-state index in [1.807, 2.05) is 18.2 Å². The molecule has 32 heavy (non-hydrogen) atoms. The molecule has 178 valence electrons. The molecule has 0 aromatic heterocycles. The van der Waals surface area contributed by atoms with Gasteiger partial charge in [-0.3, -0.25) is 14.5 Å². The zero-order valence-electron chi connectivity index (χ0n) is 19.6. The predicted octanol–water partition coefficient (Wildman–Crippen LogP) is 3.34. The SMILES string of the molecule is COc1ccc(CCNC(=O)CCCC(=O)OCC2CCCN3CCCCC23)cc1OC. The van der Waals surface area contributed by atoms with Crippen LogP contribution < -0.4 is 14.8 Å². The predicted molar refractivity (Wildman–Crippen MR) is 123 cm³/mol. The van der Waals surface area contributed by atoms with Crippen molar-refractivity contribution in [1.29, 1.82) is 0 Å². The van der Waals surface area contributed by atoms with Crippen molar-refractivity contribution in [2.45, 2.75) is 63.8 Å². The quantitative estimate of drug-likeness (QED) is 0.526. The second kappa shape index (κ2) is 12.7. The highest BCUT2D eigenvalue weighted by molar-refractivity contribution is 5.77. The summed E-state index contributed by atoms with van der Waals surface area (Å²) in [7, 11) is 3.21. The number of carbonyl (C=O) groups is 2. The minimum Gasteiger partial charge on any atom is -0.493 e. The van der Waals surface area contributed by atoms with Gasteiger partial charge in [0.15, 0.2) is 11.5 Å². The highest BCUT2D eigenvalue weighted by atomic mass is 16.5. The first-order valence-corrected chi connectivity index (χ1v) is 12.0. The van der Waals surface area contributed by atoms with E-state index in [0.717, 1.165) is 12.0 Å². The summed E-state index contributed by atoms with van der Waals surface area (Å²) < 4.78 is 16.1. The van der Waals surface area contributed by atoms with E-state index >= 15 is 0 Å². The van der Waals surface area contributed by atoms with E-state index < -0.39 is 0 Å². The number of fused-ring (bicyclic) bond motifs is 1. The van der Waals surface area contributed by atoms with Crippen LogP contribution in [0.3, 0.4) is 0 Å². The summed E-state index contributed by atoms with van der Waals surface area (Å²) in [6, 6.07) is 6.32. The van der Waals surface area contributed by atoms with Gasteiger partial charge >= 0.3 is 5.97 Å². The number of methoxy groups -OCH3 is 2. The normalized spacial score (nSPS) is 20.8. The summed E-state index contributed by atoms with van der Waals surface area (Å²) >= 11 is 0. The van der Waals surface area contributed by atoms with Crippen molar-refractivity contribution < 1.29 is 23.8 Å². The molecular weight excluding hydrogens is 408 g/mol. The zero-order valence-corrected chi connectivity index (χ0v) is 19.6. The number of nitrogens with zero attached hydrogens (tertiary/aromatic N) is 1. The van der Waals surface area contributed by atoms with Crippen LogP contribution in [0, 0.1) is 5.92 Å². The largest absolute Gasteiger partial charge is 0.493 e. The molecule has 1 aromatic carbocycles. The lowest BCUT2D eigenvalue weighted by Gasteiger charge is -2.44. The molecule has 2 aliphatic rings. The number of ether oxygens (including phenoxy) is 3. The number of benzene rings is 1. The summed E-state index contributed by atoms with van der Waals surface area (Å²) in [5.74, 6) is 1.61. The van der Waals surface area contributed by atoms with Gasteiger partial charge in [0.1, 0.15) is 0 Å². The average molecular weight is 447 g/mol.